The summed E-state index contributed by atoms with van der Waals surface area (Å²) >= 11 is 1.02. The standard InChI is InChI=1S/C11H18N4O3S/c1-5-7-14(8-6-2)11(17)15(9(12)18-3)10(16)13-19-4/h5-6,12H,1-2,7-8H2,3-4H3,(H,13,16). The Morgan fingerprint density at radius 3 is 2.26 bits per heavy atom. The van der Waals surface area contributed by atoms with E-state index in [0.29, 0.717) is 4.90 Å². The van der Waals surface area contributed by atoms with Crippen molar-refractivity contribution in [3.8, 4) is 0 Å². The molecule has 0 saturated carbocycles. The molecule has 0 unspecified atom stereocenters. The largest absolute Gasteiger partial charge is 0.468 e. The van der Waals surface area contributed by atoms with Gasteiger partial charge in [0.2, 0.25) is 0 Å². The zero-order valence-electron chi connectivity index (χ0n) is 11.0. The summed E-state index contributed by atoms with van der Waals surface area (Å²) in [6.45, 7) is 7.52. The molecule has 0 rings (SSSR count). The fraction of sp³-hybridized carbons (Fsp3) is 0.364. The van der Waals surface area contributed by atoms with Gasteiger partial charge in [-0.05, 0) is 0 Å². The zero-order chi connectivity index (χ0) is 14.8. The average Bonchev–Trinajstić information content (AvgIpc) is 2.38. The van der Waals surface area contributed by atoms with E-state index in [2.05, 4.69) is 22.6 Å². The average molecular weight is 286 g/mol. The van der Waals surface area contributed by atoms with Crippen LogP contribution in [0.5, 0.6) is 0 Å². The Hall–Kier alpha value is -1.96. The van der Waals surface area contributed by atoms with Crippen molar-refractivity contribution >= 4 is 30.0 Å². The van der Waals surface area contributed by atoms with Crippen LogP contribution in [0.2, 0.25) is 0 Å². The monoisotopic (exact) mass is 286 g/mol. The van der Waals surface area contributed by atoms with Crippen LogP contribution in [0.15, 0.2) is 25.3 Å². The third-order valence-corrected chi connectivity index (χ3v) is 2.33. The number of rotatable bonds is 5. The van der Waals surface area contributed by atoms with E-state index in [1.807, 2.05) is 0 Å². The summed E-state index contributed by atoms with van der Waals surface area (Å²) in [6.07, 6.45) is 4.66. The first-order valence-electron chi connectivity index (χ1n) is 5.29. The van der Waals surface area contributed by atoms with Crippen molar-refractivity contribution in [2.75, 3.05) is 26.5 Å². The highest BCUT2D eigenvalue weighted by Crippen LogP contribution is 2.04. The van der Waals surface area contributed by atoms with Crippen LogP contribution in [-0.2, 0) is 4.74 Å². The van der Waals surface area contributed by atoms with Gasteiger partial charge in [0.05, 0.1) is 7.11 Å². The zero-order valence-corrected chi connectivity index (χ0v) is 11.8. The molecule has 0 aliphatic rings. The van der Waals surface area contributed by atoms with Gasteiger partial charge in [0.15, 0.2) is 0 Å². The summed E-state index contributed by atoms with van der Waals surface area (Å²) in [5, 5.41) is 7.53. The number of methoxy groups -OCH3 is 1. The highest BCUT2D eigenvalue weighted by atomic mass is 32.2. The van der Waals surface area contributed by atoms with E-state index in [1.54, 1.807) is 6.26 Å². The second-order valence-electron chi connectivity index (χ2n) is 3.22. The van der Waals surface area contributed by atoms with E-state index < -0.39 is 18.1 Å². The van der Waals surface area contributed by atoms with Crippen LogP contribution < -0.4 is 4.72 Å². The number of amidine groups is 1. The third kappa shape index (κ3) is 5.04. The van der Waals surface area contributed by atoms with Crippen molar-refractivity contribution in [1.82, 2.24) is 14.5 Å². The minimum Gasteiger partial charge on any atom is -0.468 e. The van der Waals surface area contributed by atoms with Crippen LogP contribution in [0.1, 0.15) is 0 Å². The number of urea groups is 2. The molecule has 106 valence electrons. The summed E-state index contributed by atoms with van der Waals surface area (Å²) in [4.78, 5) is 25.9. The highest BCUT2D eigenvalue weighted by Gasteiger charge is 2.30. The minimum atomic E-state index is -0.748. The molecule has 0 spiro atoms. The predicted molar refractivity (Wildman–Crippen MR) is 76.0 cm³/mol. The van der Waals surface area contributed by atoms with Crippen molar-refractivity contribution in [1.29, 1.82) is 5.41 Å². The van der Waals surface area contributed by atoms with E-state index in [0.717, 1.165) is 11.9 Å². The molecule has 0 atom stereocenters. The summed E-state index contributed by atoms with van der Waals surface area (Å²) < 4.78 is 7.01. The van der Waals surface area contributed by atoms with E-state index in [1.165, 1.54) is 24.2 Å². The molecule has 19 heavy (non-hydrogen) atoms. The lowest BCUT2D eigenvalue weighted by Crippen LogP contribution is -2.52. The number of carbonyl (C=O) groups excluding carboxylic acids is 2. The summed E-state index contributed by atoms with van der Waals surface area (Å²) in [5.41, 5.74) is 0. The predicted octanol–water partition coefficient (Wildman–Crippen LogP) is 1.65. The molecular weight excluding hydrogens is 268 g/mol. The van der Waals surface area contributed by atoms with Crippen LogP contribution in [0.4, 0.5) is 9.59 Å². The SMILES string of the molecule is C=CCN(CC=C)C(=O)N(C(=N)OC)C(=O)NSC. The smallest absolute Gasteiger partial charge is 0.343 e. The van der Waals surface area contributed by atoms with E-state index >= 15 is 0 Å². The molecule has 0 heterocycles. The molecule has 0 aromatic rings. The second kappa shape index (κ2) is 9.03. The number of ether oxygens (including phenoxy) is 1. The van der Waals surface area contributed by atoms with Crippen molar-refractivity contribution in [3.05, 3.63) is 25.3 Å². The van der Waals surface area contributed by atoms with Crippen LogP contribution in [-0.4, -0.2) is 54.3 Å². The van der Waals surface area contributed by atoms with Crippen molar-refractivity contribution < 1.29 is 14.3 Å². The van der Waals surface area contributed by atoms with Crippen LogP contribution >= 0.6 is 11.9 Å². The van der Waals surface area contributed by atoms with Gasteiger partial charge in [-0.3, -0.25) is 10.1 Å². The molecule has 8 heteroatoms. The van der Waals surface area contributed by atoms with Gasteiger partial charge >= 0.3 is 18.1 Å². The Balaban J connectivity index is 5.15. The Labute approximate surface area is 116 Å². The molecule has 0 aliphatic heterocycles. The maximum Gasteiger partial charge on any atom is 0.343 e. The van der Waals surface area contributed by atoms with Crippen molar-refractivity contribution in [2.45, 2.75) is 0 Å². The van der Waals surface area contributed by atoms with Gasteiger partial charge in [-0.25, -0.2) is 9.59 Å². The fourth-order valence-corrected chi connectivity index (χ4v) is 1.44. The minimum absolute atomic E-state index is 0.227. The molecular formula is C11H18N4O3S. The van der Waals surface area contributed by atoms with Crippen LogP contribution in [0.25, 0.3) is 0 Å². The quantitative estimate of drug-likeness (QED) is 0.348. The number of hydrogen-bond donors (Lipinski definition) is 2. The van der Waals surface area contributed by atoms with Gasteiger partial charge in [0.25, 0.3) is 0 Å². The van der Waals surface area contributed by atoms with E-state index in [-0.39, 0.29) is 13.1 Å². The molecule has 7 nitrogen and oxygen atoms in total. The molecule has 0 saturated heterocycles. The number of carbonyl (C=O) groups is 2. The molecule has 0 aromatic carbocycles. The second-order valence-corrected chi connectivity index (χ2v) is 3.83. The summed E-state index contributed by atoms with van der Waals surface area (Å²) in [5.74, 6) is 0. The molecule has 2 N–H and O–H groups in total. The fourth-order valence-electron chi connectivity index (χ4n) is 1.17. The number of amides is 4. The maximum absolute atomic E-state index is 12.2. The first-order valence-corrected chi connectivity index (χ1v) is 6.52. The lowest BCUT2D eigenvalue weighted by Gasteiger charge is -2.26. The lowest BCUT2D eigenvalue weighted by atomic mass is 10.4. The van der Waals surface area contributed by atoms with Crippen molar-refractivity contribution in [3.63, 3.8) is 0 Å². The van der Waals surface area contributed by atoms with Gasteiger partial charge in [0.1, 0.15) is 0 Å². The van der Waals surface area contributed by atoms with Crippen molar-refractivity contribution in [2.24, 2.45) is 0 Å². The third-order valence-electron chi connectivity index (χ3n) is 1.95. The maximum atomic E-state index is 12.2. The molecule has 4 amide bonds. The van der Waals surface area contributed by atoms with Crippen LogP contribution in [0, 0.1) is 5.41 Å². The molecule has 0 aliphatic carbocycles. The number of hydrogen-bond acceptors (Lipinski definition) is 5. The first-order chi connectivity index (χ1) is 9.03. The Bertz CT molecular complexity index is 363. The topological polar surface area (TPSA) is 85.7 Å². The Morgan fingerprint density at radius 1 is 1.37 bits per heavy atom. The summed E-state index contributed by atoms with van der Waals surface area (Å²) in [6, 6.07) is -1.99. The molecule has 0 aromatic heterocycles. The van der Waals surface area contributed by atoms with E-state index in [9.17, 15) is 9.59 Å². The summed E-state index contributed by atoms with van der Waals surface area (Å²) in [7, 11) is 1.21. The first kappa shape index (κ1) is 17.0. The van der Waals surface area contributed by atoms with Gasteiger partial charge in [-0.15, -0.1) is 13.2 Å². The number of nitrogens with zero attached hydrogens (tertiary/aromatic N) is 2. The van der Waals surface area contributed by atoms with Gasteiger partial charge < -0.3 is 9.64 Å². The molecule has 0 bridgehead atoms. The van der Waals surface area contributed by atoms with Gasteiger partial charge in [-0.1, -0.05) is 24.1 Å². The van der Waals surface area contributed by atoms with Crippen LogP contribution in [0.3, 0.4) is 0 Å². The number of nitrogens with one attached hydrogen (secondary N) is 2. The Morgan fingerprint density at radius 2 is 1.89 bits per heavy atom. The number of imide groups is 1. The van der Waals surface area contributed by atoms with E-state index in [4.69, 9.17) is 5.41 Å². The van der Waals surface area contributed by atoms with Gasteiger partial charge in [0, 0.05) is 19.3 Å². The molecule has 0 fully saturated rings. The Kier molecular flexibility index (Phi) is 8.10. The highest BCUT2D eigenvalue weighted by molar-refractivity contribution is 7.97. The lowest BCUT2D eigenvalue weighted by molar-refractivity contribution is 0.173. The molecule has 0 radical (unpaired) electrons. The normalized spacial score (nSPS) is 9.16. The van der Waals surface area contributed by atoms with Gasteiger partial charge in [-0.2, -0.15) is 4.90 Å².